The van der Waals surface area contributed by atoms with E-state index in [1.807, 2.05) is 6.92 Å². The van der Waals surface area contributed by atoms with Gasteiger partial charge < -0.3 is 14.8 Å². The molecule has 3 rings (SSSR count). The van der Waals surface area contributed by atoms with Crippen molar-refractivity contribution in [1.29, 1.82) is 0 Å². The fraction of sp³-hybridized carbons (Fsp3) is 0.316. The second kappa shape index (κ2) is 7.95. The number of aryl methyl sites for hydroxylation is 1. The number of hydrogen-bond acceptors (Lipinski definition) is 5. The summed E-state index contributed by atoms with van der Waals surface area (Å²) in [5.74, 6) is 0.814. The van der Waals surface area contributed by atoms with Crippen molar-refractivity contribution in [3.8, 4) is 11.5 Å². The van der Waals surface area contributed by atoms with Gasteiger partial charge in [0.25, 0.3) is 0 Å². The van der Waals surface area contributed by atoms with E-state index in [2.05, 4.69) is 40.4 Å². The Hall–Kier alpha value is -2.28. The van der Waals surface area contributed by atoms with Gasteiger partial charge in [0.05, 0.1) is 24.9 Å². The number of hydrazine groups is 1. The van der Waals surface area contributed by atoms with E-state index in [0.29, 0.717) is 28.6 Å². The zero-order valence-electron chi connectivity index (χ0n) is 14.9. The zero-order chi connectivity index (χ0) is 18.7. The Bertz CT molecular complexity index is 795. The minimum atomic E-state index is -0.369. The highest BCUT2D eigenvalue weighted by atomic mass is 35.5. The zero-order valence-corrected chi connectivity index (χ0v) is 15.7. The van der Waals surface area contributed by atoms with Crippen molar-refractivity contribution in [3.63, 3.8) is 0 Å². The number of amides is 1. The first-order valence-electron chi connectivity index (χ1n) is 8.32. The molecule has 1 amide bonds. The van der Waals surface area contributed by atoms with Gasteiger partial charge in [-0.1, -0.05) is 41.4 Å². The number of hydrogen-bond donors (Lipinski definition) is 3. The highest BCUT2D eigenvalue weighted by Gasteiger charge is 2.30. The fourth-order valence-corrected chi connectivity index (χ4v) is 3.16. The van der Waals surface area contributed by atoms with Crippen molar-refractivity contribution in [2.45, 2.75) is 25.4 Å². The summed E-state index contributed by atoms with van der Waals surface area (Å²) < 4.78 is 10.5. The Balaban J connectivity index is 1.69. The van der Waals surface area contributed by atoms with Crippen LogP contribution in [0.2, 0.25) is 5.02 Å². The van der Waals surface area contributed by atoms with Crippen molar-refractivity contribution in [2.24, 2.45) is 0 Å². The number of carbonyl (C=O) groups is 1. The maximum absolute atomic E-state index is 12.6. The van der Waals surface area contributed by atoms with Crippen LogP contribution in [0.4, 0.5) is 5.69 Å². The number of benzene rings is 2. The minimum absolute atomic E-state index is 0.0766. The van der Waals surface area contributed by atoms with Gasteiger partial charge in [-0.3, -0.25) is 4.79 Å². The summed E-state index contributed by atoms with van der Waals surface area (Å²) in [6, 6.07) is 11.2. The predicted octanol–water partition coefficient (Wildman–Crippen LogP) is 3.21. The summed E-state index contributed by atoms with van der Waals surface area (Å²) in [5, 5.41) is 3.27. The topological polar surface area (TPSA) is 71.6 Å². The number of anilines is 1. The number of ether oxygens (including phenoxy) is 2. The number of methoxy groups -OCH3 is 2. The van der Waals surface area contributed by atoms with Crippen molar-refractivity contribution < 1.29 is 14.3 Å². The van der Waals surface area contributed by atoms with E-state index in [-0.39, 0.29) is 18.0 Å². The summed E-state index contributed by atoms with van der Waals surface area (Å²) in [6.07, 6.45) is 0.640. The predicted molar refractivity (Wildman–Crippen MR) is 102 cm³/mol. The Kier molecular flexibility index (Phi) is 5.66. The third kappa shape index (κ3) is 3.93. The molecule has 7 heteroatoms. The fourth-order valence-electron chi connectivity index (χ4n) is 2.92. The van der Waals surface area contributed by atoms with Crippen LogP contribution in [0.25, 0.3) is 0 Å². The molecule has 2 unspecified atom stereocenters. The van der Waals surface area contributed by atoms with Crippen molar-refractivity contribution in [1.82, 2.24) is 10.9 Å². The lowest BCUT2D eigenvalue weighted by Crippen LogP contribution is -2.39. The molecule has 1 aliphatic rings. The van der Waals surface area contributed by atoms with Gasteiger partial charge in [-0.05, 0) is 25.0 Å². The second-order valence-corrected chi connectivity index (χ2v) is 6.62. The molecule has 0 bridgehead atoms. The summed E-state index contributed by atoms with van der Waals surface area (Å²) in [6.45, 7) is 2.05. The van der Waals surface area contributed by atoms with Gasteiger partial charge >= 0.3 is 0 Å². The normalized spacial score (nSPS) is 19.2. The molecule has 1 heterocycles. The molecule has 2 atom stereocenters. The number of halogens is 1. The summed E-state index contributed by atoms with van der Waals surface area (Å²) >= 11 is 6.16. The summed E-state index contributed by atoms with van der Waals surface area (Å²) in [4.78, 5) is 12.6. The average molecular weight is 376 g/mol. The largest absolute Gasteiger partial charge is 0.495 e. The molecule has 0 aromatic heterocycles. The summed E-state index contributed by atoms with van der Waals surface area (Å²) in [5.41, 5.74) is 9.08. The van der Waals surface area contributed by atoms with Crippen molar-refractivity contribution >= 4 is 23.2 Å². The molecule has 1 saturated heterocycles. The monoisotopic (exact) mass is 375 g/mol. The van der Waals surface area contributed by atoms with Gasteiger partial charge in [0, 0.05) is 12.1 Å². The third-order valence-electron chi connectivity index (χ3n) is 4.43. The van der Waals surface area contributed by atoms with E-state index in [4.69, 9.17) is 21.1 Å². The number of carbonyl (C=O) groups excluding carboxylic acids is 1. The molecule has 26 heavy (non-hydrogen) atoms. The molecule has 1 fully saturated rings. The third-order valence-corrected chi connectivity index (χ3v) is 4.73. The molecular weight excluding hydrogens is 354 g/mol. The second-order valence-electron chi connectivity index (χ2n) is 6.22. The Labute approximate surface area is 157 Å². The van der Waals surface area contributed by atoms with Crippen LogP contribution >= 0.6 is 11.6 Å². The van der Waals surface area contributed by atoms with E-state index in [0.717, 1.165) is 5.56 Å². The van der Waals surface area contributed by atoms with E-state index >= 15 is 0 Å². The van der Waals surface area contributed by atoms with Crippen LogP contribution in [0, 0.1) is 6.92 Å². The maximum Gasteiger partial charge on any atom is 0.243 e. The first-order chi connectivity index (χ1) is 12.5. The average Bonchev–Trinajstić information content (AvgIpc) is 3.13. The molecule has 1 aliphatic heterocycles. The highest BCUT2D eigenvalue weighted by Crippen LogP contribution is 2.36. The smallest absolute Gasteiger partial charge is 0.243 e. The highest BCUT2D eigenvalue weighted by molar-refractivity contribution is 6.32. The van der Waals surface area contributed by atoms with Crippen LogP contribution < -0.4 is 25.6 Å². The van der Waals surface area contributed by atoms with Crippen LogP contribution in [0.5, 0.6) is 11.5 Å². The first-order valence-corrected chi connectivity index (χ1v) is 8.69. The molecule has 138 valence electrons. The molecule has 2 aromatic rings. The van der Waals surface area contributed by atoms with Gasteiger partial charge in [0.15, 0.2) is 0 Å². The SMILES string of the molecule is COc1cc(OC)c(NC(=O)C2CC(c3ccc(C)cc3)NN2)cc1Cl. The molecule has 3 N–H and O–H groups in total. The van der Waals surface area contributed by atoms with Crippen LogP contribution in [0.3, 0.4) is 0 Å². The number of rotatable bonds is 5. The Morgan fingerprint density at radius 1 is 1.12 bits per heavy atom. The van der Waals surface area contributed by atoms with Crippen molar-refractivity contribution in [3.05, 3.63) is 52.5 Å². The molecule has 2 aromatic carbocycles. The standard InChI is InChI=1S/C19H22ClN3O3/c1-11-4-6-12(7-5-11)14-9-16(23-22-14)19(24)21-15-8-13(20)17(25-2)10-18(15)26-3/h4-8,10,14,16,22-23H,9H2,1-3H3,(H,21,24). The lowest BCUT2D eigenvalue weighted by Gasteiger charge is -2.15. The lowest BCUT2D eigenvalue weighted by molar-refractivity contribution is -0.117. The van der Waals surface area contributed by atoms with E-state index in [1.165, 1.54) is 19.8 Å². The van der Waals surface area contributed by atoms with Gasteiger partial charge in [-0.15, -0.1) is 0 Å². The number of nitrogens with one attached hydrogen (secondary N) is 3. The van der Waals surface area contributed by atoms with Crippen LogP contribution in [-0.2, 0) is 4.79 Å². The molecular formula is C19H22ClN3O3. The Morgan fingerprint density at radius 3 is 2.46 bits per heavy atom. The summed E-state index contributed by atoms with van der Waals surface area (Å²) in [7, 11) is 3.05. The lowest BCUT2D eigenvalue weighted by atomic mass is 10.0. The van der Waals surface area contributed by atoms with E-state index in [9.17, 15) is 4.79 Å². The van der Waals surface area contributed by atoms with Crippen LogP contribution in [-0.4, -0.2) is 26.2 Å². The van der Waals surface area contributed by atoms with Crippen molar-refractivity contribution in [2.75, 3.05) is 19.5 Å². The molecule has 6 nitrogen and oxygen atoms in total. The molecule has 0 radical (unpaired) electrons. The quantitative estimate of drug-likeness (QED) is 0.748. The minimum Gasteiger partial charge on any atom is -0.495 e. The van der Waals surface area contributed by atoms with E-state index < -0.39 is 0 Å². The maximum atomic E-state index is 12.6. The molecule has 0 spiro atoms. The molecule has 0 aliphatic carbocycles. The van der Waals surface area contributed by atoms with Gasteiger partial charge in [-0.2, -0.15) is 0 Å². The van der Waals surface area contributed by atoms with Gasteiger partial charge in [0.1, 0.15) is 17.5 Å². The van der Waals surface area contributed by atoms with Gasteiger partial charge in [-0.25, -0.2) is 10.9 Å². The van der Waals surface area contributed by atoms with Crippen LogP contribution in [0.1, 0.15) is 23.6 Å². The molecule has 0 saturated carbocycles. The Morgan fingerprint density at radius 2 is 1.81 bits per heavy atom. The van der Waals surface area contributed by atoms with Gasteiger partial charge in [0.2, 0.25) is 5.91 Å². The van der Waals surface area contributed by atoms with Crippen LogP contribution in [0.15, 0.2) is 36.4 Å². The van der Waals surface area contributed by atoms with E-state index in [1.54, 1.807) is 12.1 Å². The first kappa shape index (κ1) is 18.5.